The lowest BCUT2D eigenvalue weighted by molar-refractivity contribution is 0.103. The maximum absolute atomic E-state index is 14.1. The summed E-state index contributed by atoms with van der Waals surface area (Å²) in [6, 6.07) is 18.8. The maximum atomic E-state index is 14.1. The zero-order valence-corrected chi connectivity index (χ0v) is 23.9. The summed E-state index contributed by atoms with van der Waals surface area (Å²) in [5.74, 6) is 1.47. The lowest BCUT2D eigenvalue weighted by Gasteiger charge is -2.12. The summed E-state index contributed by atoms with van der Waals surface area (Å²) >= 11 is 0. The monoisotopic (exact) mass is 580 g/mol. The quantitative estimate of drug-likeness (QED) is 0.237. The third-order valence-electron chi connectivity index (χ3n) is 7.58. The third kappa shape index (κ3) is 4.42. The number of fused-ring (bicyclic) bond motifs is 2. The number of nitrogens with zero attached hydrogens (tertiary/aromatic N) is 4. The van der Waals surface area contributed by atoms with E-state index in [0.717, 1.165) is 39.2 Å². The average molecular weight is 581 g/mol. The third-order valence-corrected chi connectivity index (χ3v) is 9.33. The topological polar surface area (TPSA) is 138 Å². The van der Waals surface area contributed by atoms with Crippen LogP contribution in [0.5, 0.6) is 5.75 Å². The van der Waals surface area contributed by atoms with Crippen LogP contribution in [0.25, 0.3) is 27.6 Å². The van der Waals surface area contributed by atoms with Gasteiger partial charge >= 0.3 is 0 Å². The fourth-order valence-electron chi connectivity index (χ4n) is 5.12. The van der Waals surface area contributed by atoms with Gasteiger partial charge in [-0.05, 0) is 87.2 Å². The zero-order chi connectivity index (χ0) is 29.2. The predicted octanol–water partition coefficient (Wildman–Crippen LogP) is 5.16. The average Bonchev–Trinajstić information content (AvgIpc) is 3.42. The molecule has 0 aliphatic heterocycles. The van der Waals surface area contributed by atoms with Crippen molar-refractivity contribution >= 4 is 43.6 Å². The van der Waals surface area contributed by atoms with E-state index in [1.165, 1.54) is 23.0 Å². The first kappa shape index (κ1) is 26.0. The van der Waals surface area contributed by atoms with Crippen molar-refractivity contribution in [1.29, 1.82) is 0 Å². The van der Waals surface area contributed by atoms with Crippen molar-refractivity contribution < 1.29 is 17.9 Å². The molecule has 7 rings (SSSR count). The van der Waals surface area contributed by atoms with Crippen LogP contribution < -0.4 is 10.5 Å². The van der Waals surface area contributed by atoms with Gasteiger partial charge in [0.15, 0.2) is 0 Å². The van der Waals surface area contributed by atoms with Crippen molar-refractivity contribution in [1.82, 2.24) is 23.7 Å². The Morgan fingerprint density at radius 2 is 1.83 bits per heavy atom. The molecule has 3 aromatic heterocycles. The van der Waals surface area contributed by atoms with E-state index < -0.39 is 15.8 Å². The van der Waals surface area contributed by atoms with Crippen LogP contribution in [0.15, 0.2) is 77.8 Å². The molecule has 0 atom stereocenters. The van der Waals surface area contributed by atoms with Gasteiger partial charge < -0.3 is 15.5 Å². The molecule has 1 fully saturated rings. The summed E-state index contributed by atoms with van der Waals surface area (Å²) in [6.45, 7) is 4.36. The molecule has 1 aliphatic rings. The molecule has 11 heteroatoms. The van der Waals surface area contributed by atoms with Crippen LogP contribution in [0.2, 0.25) is 0 Å². The summed E-state index contributed by atoms with van der Waals surface area (Å²) in [5, 5.41) is 4.94. The van der Waals surface area contributed by atoms with Gasteiger partial charge in [-0.2, -0.15) is 5.10 Å². The number of aromatic amines is 1. The Morgan fingerprint density at radius 1 is 1.05 bits per heavy atom. The number of benzene rings is 3. The standard InChI is InChI=1S/C31H28N6O4S/c1-18-3-9-24(10-4-18)42(39,40)37-28-12-8-23(41-17-20-5-6-20)13-21(28)14-29(37)30(38)25-16-33-36(31(25)32)22-7-11-26-27(15-22)35-19(2)34-26/h3-4,7-16,20H,5-6,17,32H2,1-2H3,(H,34,35). The number of hydrogen-bond acceptors (Lipinski definition) is 7. The smallest absolute Gasteiger partial charge is 0.268 e. The fourth-order valence-corrected chi connectivity index (χ4v) is 6.63. The van der Waals surface area contributed by atoms with Gasteiger partial charge in [-0.3, -0.25) is 4.79 Å². The first-order valence-corrected chi connectivity index (χ1v) is 15.1. The second-order valence-electron chi connectivity index (χ2n) is 10.8. The molecule has 42 heavy (non-hydrogen) atoms. The molecule has 1 saturated carbocycles. The molecule has 6 aromatic rings. The second-order valence-corrected chi connectivity index (χ2v) is 12.6. The number of hydrogen-bond donors (Lipinski definition) is 2. The van der Waals surface area contributed by atoms with Crippen LogP contribution in [0, 0.1) is 19.8 Å². The number of ether oxygens (including phenoxy) is 1. The molecule has 212 valence electrons. The Morgan fingerprint density at radius 3 is 2.60 bits per heavy atom. The number of rotatable bonds is 8. The van der Waals surface area contributed by atoms with Gasteiger partial charge in [-0.1, -0.05) is 17.7 Å². The molecule has 0 radical (unpaired) electrons. The molecule has 3 aromatic carbocycles. The Balaban J connectivity index is 1.34. The van der Waals surface area contributed by atoms with Crippen molar-refractivity contribution in [3.63, 3.8) is 0 Å². The number of imidazole rings is 1. The fraction of sp³-hybridized carbons (Fsp3) is 0.194. The molecular formula is C31H28N6O4S. The van der Waals surface area contributed by atoms with E-state index in [1.54, 1.807) is 36.4 Å². The summed E-state index contributed by atoms with van der Waals surface area (Å²) in [5.41, 5.74) is 10.0. The number of aryl methyl sites for hydroxylation is 2. The molecule has 1 aliphatic carbocycles. The summed E-state index contributed by atoms with van der Waals surface area (Å²) in [7, 11) is -4.16. The van der Waals surface area contributed by atoms with Crippen LogP contribution in [-0.2, 0) is 10.0 Å². The number of carbonyl (C=O) groups is 1. The second kappa shape index (κ2) is 9.59. The molecule has 0 amide bonds. The van der Waals surface area contributed by atoms with Crippen LogP contribution in [0.4, 0.5) is 5.82 Å². The number of nitrogens with two attached hydrogens (primary N) is 1. The number of nitrogens with one attached hydrogen (secondary N) is 1. The lowest BCUT2D eigenvalue weighted by Crippen LogP contribution is -2.19. The number of H-pyrrole nitrogens is 1. The number of aromatic nitrogens is 5. The highest BCUT2D eigenvalue weighted by atomic mass is 32.2. The molecule has 3 heterocycles. The number of anilines is 1. The van der Waals surface area contributed by atoms with E-state index in [1.807, 2.05) is 32.0 Å². The van der Waals surface area contributed by atoms with Gasteiger partial charge in [-0.25, -0.2) is 22.1 Å². The Labute approximate surface area is 241 Å². The number of ketones is 1. The highest BCUT2D eigenvalue weighted by Crippen LogP contribution is 2.33. The number of nitrogen functional groups attached to an aromatic ring is 1. The maximum Gasteiger partial charge on any atom is 0.268 e. The molecule has 10 nitrogen and oxygen atoms in total. The summed E-state index contributed by atoms with van der Waals surface area (Å²) in [6.07, 6.45) is 3.66. The van der Waals surface area contributed by atoms with Gasteiger partial charge in [0.1, 0.15) is 23.1 Å². The Bertz CT molecular complexity index is 2120. The van der Waals surface area contributed by atoms with Crippen LogP contribution in [-0.4, -0.2) is 44.5 Å². The SMILES string of the molecule is Cc1ccc(S(=O)(=O)n2c(C(=O)c3cnn(-c4ccc5[nH]c(C)nc5c4)c3N)cc3cc(OCC4CC4)ccc32)cc1. The van der Waals surface area contributed by atoms with Crippen LogP contribution in [0.1, 0.15) is 40.3 Å². The van der Waals surface area contributed by atoms with Gasteiger partial charge in [0, 0.05) is 5.39 Å². The summed E-state index contributed by atoms with van der Waals surface area (Å²) < 4.78 is 36.6. The molecule has 0 saturated heterocycles. The predicted molar refractivity (Wildman–Crippen MR) is 160 cm³/mol. The van der Waals surface area contributed by atoms with E-state index in [4.69, 9.17) is 10.5 Å². The van der Waals surface area contributed by atoms with E-state index >= 15 is 0 Å². The van der Waals surface area contributed by atoms with Crippen molar-refractivity contribution in [2.24, 2.45) is 5.92 Å². The van der Waals surface area contributed by atoms with E-state index in [0.29, 0.717) is 34.9 Å². The lowest BCUT2D eigenvalue weighted by atomic mass is 10.1. The van der Waals surface area contributed by atoms with Gasteiger partial charge in [-0.15, -0.1) is 0 Å². The van der Waals surface area contributed by atoms with E-state index in [-0.39, 0.29) is 22.0 Å². The van der Waals surface area contributed by atoms with Gasteiger partial charge in [0.2, 0.25) is 5.78 Å². The highest BCUT2D eigenvalue weighted by molar-refractivity contribution is 7.90. The normalized spacial score (nSPS) is 13.7. The Hall–Kier alpha value is -4.90. The molecular weight excluding hydrogens is 552 g/mol. The minimum Gasteiger partial charge on any atom is -0.493 e. The molecule has 0 bridgehead atoms. The summed E-state index contributed by atoms with van der Waals surface area (Å²) in [4.78, 5) is 21.8. The van der Waals surface area contributed by atoms with Gasteiger partial charge in [0.05, 0.1) is 45.5 Å². The first-order valence-electron chi connectivity index (χ1n) is 13.6. The first-order chi connectivity index (χ1) is 20.2. The van der Waals surface area contributed by atoms with E-state index in [9.17, 15) is 13.2 Å². The molecule has 0 unspecified atom stereocenters. The van der Waals surface area contributed by atoms with Gasteiger partial charge in [0.25, 0.3) is 10.0 Å². The van der Waals surface area contributed by atoms with E-state index in [2.05, 4.69) is 15.1 Å². The zero-order valence-electron chi connectivity index (χ0n) is 23.0. The Kier molecular flexibility index (Phi) is 5.94. The highest BCUT2D eigenvalue weighted by Gasteiger charge is 2.30. The van der Waals surface area contributed by atoms with Crippen molar-refractivity contribution in [3.8, 4) is 11.4 Å². The largest absolute Gasteiger partial charge is 0.493 e. The number of carbonyl (C=O) groups excluding carboxylic acids is 1. The minimum atomic E-state index is -4.16. The molecule has 0 spiro atoms. The van der Waals surface area contributed by atoms with Crippen molar-refractivity contribution in [2.45, 2.75) is 31.6 Å². The molecule has 3 N–H and O–H groups in total. The minimum absolute atomic E-state index is 0.0467. The van der Waals surface area contributed by atoms with Crippen molar-refractivity contribution in [3.05, 3.63) is 95.6 Å². The van der Waals surface area contributed by atoms with Crippen LogP contribution in [0.3, 0.4) is 0 Å². The van der Waals surface area contributed by atoms with Crippen molar-refractivity contribution in [2.75, 3.05) is 12.3 Å². The van der Waals surface area contributed by atoms with Crippen LogP contribution >= 0.6 is 0 Å².